The molecule has 4 aromatic rings. The maximum absolute atomic E-state index is 14.1. The van der Waals surface area contributed by atoms with Crippen molar-refractivity contribution >= 4 is 29.6 Å². The first kappa shape index (κ1) is 44.5. The van der Waals surface area contributed by atoms with Crippen LogP contribution >= 0.6 is 11.8 Å². The van der Waals surface area contributed by atoms with Crippen molar-refractivity contribution in [2.24, 2.45) is 0 Å². The Labute approximate surface area is 328 Å². The number of rotatable bonds is 16. The van der Waals surface area contributed by atoms with E-state index in [1.54, 1.807) is 29.4 Å². The monoisotopic (exact) mass is 818 g/mol. The molecule has 0 saturated carbocycles. The Morgan fingerprint density at radius 2 is 1.47 bits per heavy atom. The fraction of sp³-hybridized carbons (Fsp3) is 0.395. The molecule has 2 aromatic heterocycles. The van der Waals surface area contributed by atoms with Gasteiger partial charge in [0.25, 0.3) is 5.56 Å². The summed E-state index contributed by atoms with van der Waals surface area (Å²) in [4.78, 5) is 63.6. The van der Waals surface area contributed by atoms with Gasteiger partial charge in [-0.1, -0.05) is 49.9 Å². The maximum Gasteiger partial charge on any atom is 0.416 e. The largest absolute Gasteiger partial charge is 0.479 e. The topological polar surface area (TPSA) is 199 Å². The number of carboxylic acids is 2. The Hall–Kier alpha value is -5.24. The van der Waals surface area contributed by atoms with Gasteiger partial charge in [0.15, 0.2) is 23.2 Å². The average molecular weight is 819 g/mol. The number of carbonyl (C=O) groups is 3. The van der Waals surface area contributed by atoms with Crippen LogP contribution < -0.4 is 5.56 Å². The third-order valence-corrected chi connectivity index (χ3v) is 10.1. The standard InChI is InChI=1S/C34H36F4N6O2S.C4H6O6/c1-3-42(4-2)16-17-43(20-24-18-39-31(40-19-24)25-10-12-26(13-11-25)34(36,37)38)30(45)21-44-29-7-5-6-28(29)32(46)41-33(44)47-22-23-8-14-27(35)15-9-23;5-1(3(7)8)2(6)4(9)10/h8-15,18-19H,3-7,16-17,20-22H2,1-2H3;1-2,5-6H,(H,7,8)(H,9,10). The number of aliphatic hydroxyl groups excluding tert-OH is 2. The molecular formula is C38H42F4N6O8S. The number of benzene rings is 2. The number of hydrogen-bond acceptors (Lipinski definition) is 11. The first-order chi connectivity index (χ1) is 27.0. The van der Waals surface area contributed by atoms with Crippen molar-refractivity contribution in [2.45, 2.75) is 75.5 Å². The highest BCUT2D eigenvalue weighted by Crippen LogP contribution is 2.30. The molecule has 0 bridgehead atoms. The lowest BCUT2D eigenvalue weighted by molar-refractivity contribution is -0.165. The summed E-state index contributed by atoms with van der Waals surface area (Å²) in [6.07, 6.45) is -3.70. The summed E-state index contributed by atoms with van der Waals surface area (Å²) in [5.41, 5.74) is 2.43. The minimum absolute atomic E-state index is 0.00981. The number of halogens is 4. The highest BCUT2D eigenvalue weighted by molar-refractivity contribution is 7.98. The molecular weight excluding hydrogens is 777 g/mol. The predicted molar refractivity (Wildman–Crippen MR) is 199 cm³/mol. The minimum Gasteiger partial charge on any atom is -0.479 e. The number of alkyl halides is 3. The Balaban J connectivity index is 0.000000635. The maximum atomic E-state index is 14.1. The molecule has 2 atom stereocenters. The van der Waals surface area contributed by atoms with Gasteiger partial charge in [0.05, 0.1) is 5.56 Å². The summed E-state index contributed by atoms with van der Waals surface area (Å²) < 4.78 is 54.3. The fourth-order valence-corrected chi connectivity index (χ4v) is 6.77. The van der Waals surface area contributed by atoms with Crippen molar-refractivity contribution in [3.05, 3.63) is 105 Å². The highest BCUT2D eigenvalue weighted by Gasteiger charge is 2.31. The molecule has 2 aromatic carbocycles. The first-order valence-corrected chi connectivity index (χ1v) is 18.8. The summed E-state index contributed by atoms with van der Waals surface area (Å²) in [5.74, 6) is -3.30. The number of aliphatic carboxylic acids is 2. The summed E-state index contributed by atoms with van der Waals surface area (Å²) in [7, 11) is 0. The lowest BCUT2D eigenvalue weighted by Gasteiger charge is -2.28. The molecule has 2 heterocycles. The van der Waals surface area contributed by atoms with Crippen LogP contribution in [-0.4, -0.2) is 106 Å². The van der Waals surface area contributed by atoms with Gasteiger partial charge in [-0.3, -0.25) is 9.59 Å². The van der Waals surface area contributed by atoms with Crippen LogP contribution in [0.4, 0.5) is 17.6 Å². The Kier molecular flexibility index (Phi) is 15.8. The van der Waals surface area contributed by atoms with E-state index < -0.39 is 35.9 Å². The first-order valence-electron chi connectivity index (χ1n) is 17.8. The van der Waals surface area contributed by atoms with Crippen LogP contribution in [0.3, 0.4) is 0 Å². The second-order valence-electron chi connectivity index (χ2n) is 12.9. The lowest BCUT2D eigenvalue weighted by Crippen LogP contribution is -2.40. The van der Waals surface area contributed by atoms with Gasteiger partial charge in [-0.15, -0.1) is 0 Å². The lowest BCUT2D eigenvalue weighted by atomic mass is 10.1. The molecule has 0 aliphatic heterocycles. The second-order valence-corrected chi connectivity index (χ2v) is 13.8. The number of carboxylic acid groups (broad SMARTS) is 2. The van der Waals surface area contributed by atoms with Crippen molar-refractivity contribution in [3.8, 4) is 11.4 Å². The Bertz CT molecular complexity index is 2030. The van der Waals surface area contributed by atoms with Crippen LogP contribution in [0.15, 0.2) is 70.9 Å². The van der Waals surface area contributed by atoms with Gasteiger partial charge >= 0.3 is 18.1 Å². The van der Waals surface area contributed by atoms with E-state index in [1.807, 2.05) is 4.57 Å². The van der Waals surface area contributed by atoms with E-state index in [0.717, 1.165) is 42.9 Å². The van der Waals surface area contributed by atoms with E-state index >= 15 is 0 Å². The summed E-state index contributed by atoms with van der Waals surface area (Å²) >= 11 is 1.34. The smallest absolute Gasteiger partial charge is 0.416 e. The van der Waals surface area contributed by atoms with Gasteiger partial charge < -0.3 is 34.8 Å². The molecule has 0 saturated heterocycles. The third-order valence-electron chi connectivity index (χ3n) is 9.06. The van der Waals surface area contributed by atoms with Gasteiger partial charge in [0.1, 0.15) is 12.4 Å². The number of nitrogens with zero attached hydrogens (tertiary/aromatic N) is 6. The van der Waals surface area contributed by atoms with E-state index in [-0.39, 0.29) is 36.2 Å². The van der Waals surface area contributed by atoms with E-state index in [9.17, 15) is 36.7 Å². The molecule has 0 fully saturated rings. The number of aromatic nitrogens is 4. The van der Waals surface area contributed by atoms with Crippen LogP contribution in [0.25, 0.3) is 11.4 Å². The number of carbonyl (C=O) groups excluding carboxylic acids is 1. The zero-order valence-electron chi connectivity index (χ0n) is 31.0. The van der Waals surface area contributed by atoms with Crippen LogP contribution in [0.1, 0.15) is 48.2 Å². The van der Waals surface area contributed by atoms with Gasteiger partial charge in [-0.05, 0) is 62.2 Å². The van der Waals surface area contributed by atoms with E-state index in [2.05, 4.69) is 33.7 Å². The number of fused-ring (bicyclic) bond motifs is 1. The molecule has 19 heteroatoms. The van der Waals surface area contributed by atoms with Crippen LogP contribution in [0.2, 0.25) is 0 Å². The van der Waals surface area contributed by atoms with Crippen molar-refractivity contribution in [3.63, 3.8) is 0 Å². The molecule has 5 rings (SSSR count). The Morgan fingerprint density at radius 1 is 0.877 bits per heavy atom. The van der Waals surface area contributed by atoms with E-state index in [1.165, 1.54) is 36.0 Å². The Morgan fingerprint density at radius 3 is 2.02 bits per heavy atom. The molecule has 57 heavy (non-hydrogen) atoms. The molecule has 1 amide bonds. The molecule has 306 valence electrons. The number of aliphatic hydroxyl groups is 2. The molecule has 4 N–H and O–H groups in total. The highest BCUT2D eigenvalue weighted by atomic mass is 32.2. The summed E-state index contributed by atoms with van der Waals surface area (Å²) in [5, 5.41) is 33.0. The zero-order chi connectivity index (χ0) is 41.9. The molecule has 0 spiro atoms. The molecule has 2 unspecified atom stereocenters. The number of hydrogen-bond donors (Lipinski definition) is 4. The van der Waals surface area contributed by atoms with Gasteiger partial charge in [0, 0.05) is 60.2 Å². The number of likely N-dealkylation sites (N-methyl/N-ethyl adjacent to an activating group) is 1. The predicted octanol–water partition coefficient (Wildman–Crippen LogP) is 3.89. The van der Waals surface area contributed by atoms with Gasteiger partial charge in [-0.25, -0.2) is 23.9 Å². The van der Waals surface area contributed by atoms with Crippen LogP contribution in [0.5, 0.6) is 0 Å². The fourth-order valence-electron chi connectivity index (χ4n) is 5.80. The molecule has 1 aliphatic rings. The van der Waals surface area contributed by atoms with Crippen molar-refractivity contribution in [2.75, 3.05) is 26.2 Å². The summed E-state index contributed by atoms with van der Waals surface area (Å²) in [6.45, 7) is 7.07. The van der Waals surface area contributed by atoms with Crippen LogP contribution in [-0.2, 0) is 52.2 Å². The summed E-state index contributed by atoms with van der Waals surface area (Å²) in [6, 6.07) is 10.8. The zero-order valence-corrected chi connectivity index (χ0v) is 31.8. The van der Waals surface area contributed by atoms with Gasteiger partial charge in [-0.2, -0.15) is 18.2 Å². The quantitative estimate of drug-likeness (QED) is 0.0723. The second kappa shape index (κ2) is 20.3. The average Bonchev–Trinajstić information content (AvgIpc) is 3.69. The number of amides is 1. The normalized spacial score (nSPS) is 13.4. The van der Waals surface area contributed by atoms with E-state index in [4.69, 9.17) is 20.4 Å². The number of thioether (sulfide) groups is 1. The van der Waals surface area contributed by atoms with E-state index in [0.29, 0.717) is 53.5 Å². The van der Waals surface area contributed by atoms with Crippen molar-refractivity contribution in [1.82, 2.24) is 29.3 Å². The molecule has 0 radical (unpaired) electrons. The molecule has 1 aliphatic carbocycles. The SMILES string of the molecule is CCN(CC)CCN(Cc1cnc(-c2ccc(C(F)(F)F)cc2)nc1)C(=O)Cn1c(SCc2ccc(F)cc2)nc(=O)c2c1CCC2.O=C(O)C(O)C(O)C(=O)O. The van der Waals surface area contributed by atoms with Crippen molar-refractivity contribution in [1.29, 1.82) is 0 Å². The van der Waals surface area contributed by atoms with Gasteiger partial charge in [0.2, 0.25) is 5.91 Å². The third kappa shape index (κ3) is 12.4. The minimum atomic E-state index is -4.43. The van der Waals surface area contributed by atoms with Crippen LogP contribution in [0, 0.1) is 5.82 Å². The molecule has 14 nitrogen and oxygen atoms in total. The van der Waals surface area contributed by atoms with Crippen molar-refractivity contribution < 1.29 is 52.4 Å².